The summed E-state index contributed by atoms with van der Waals surface area (Å²) >= 11 is 1.54. The number of carboxylic acids is 1. The first kappa shape index (κ1) is 16.5. The van der Waals surface area contributed by atoms with Crippen LogP contribution in [-0.4, -0.2) is 34.9 Å². The number of rotatable bonds is 7. The van der Waals surface area contributed by atoms with Gasteiger partial charge in [-0.25, -0.2) is 9.59 Å². The van der Waals surface area contributed by atoms with Crippen molar-refractivity contribution in [3.8, 4) is 0 Å². The van der Waals surface area contributed by atoms with Crippen LogP contribution in [0.4, 0.5) is 4.79 Å². The Labute approximate surface area is 121 Å². The van der Waals surface area contributed by atoms with E-state index < -0.39 is 18.0 Å². The van der Waals surface area contributed by atoms with Crippen molar-refractivity contribution >= 4 is 23.3 Å². The Balaban J connectivity index is 2.65. The molecular weight excluding hydrogens is 280 g/mol. The minimum absolute atomic E-state index is 0.0197. The lowest BCUT2D eigenvalue weighted by atomic mass is 10.0. The number of thiophene rings is 1. The molecule has 4 N–H and O–H groups in total. The first-order valence-electron chi connectivity index (χ1n) is 6.39. The Morgan fingerprint density at radius 2 is 2.05 bits per heavy atom. The predicted octanol–water partition coefficient (Wildman–Crippen LogP) is 1.58. The van der Waals surface area contributed by atoms with E-state index in [4.69, 9.17) is 10.2 Å². The predicted molar refractivity (Wildman–Crippen MR) is 76.7 cm³/mol. The van der Waals surface area contributed by atoms with Gasteiger partial charge >= 0.3 is 12.0 Å². The molecule has 1 heterocycles. The number of hydrogen-bond acceptors (Lipinski definition) is 4. The number of carbonyl (C=O) groups is 2. The van der Waals surface area contributed by atoms with Crippen molar-refractivity contribution in [1.82, 2.24) is 10.6 Å². The molecule has 0 saturated carbocycles. The van der Waals surface area contributed by atoms with Crippen molar-refractivity contribution in [2.45, 2.75) is 32.4 Å². The first-order chi connectivity index (χ1) is 9.45. The highest BCUT2D eigenvalue weighted by Crippen LogP contribution is 2.25. The Morgan fingerprint density at radius 1 is 1.35 bits per heavy atom. The van der Waals surface area contributed by atoms with Gasteiger partial charge in [0.2, 0.25) is 0 Å². The van der Waals surface area contributed by atoms with Crippen molar-refractivity contribution in [2.75, 3.05) is 6.61 Å². The van der Waals surface area contributed by atoms with Gasteiger partial charge in [-0.2, -0.15) is 0 Å². The topological polar surface area (TPSA) is 98.7 Å². The van der Waals surface area contributed by atoms with Gasteiger partial charge in [0.25, 0.3) is 0 Å². The van der Waals surface area contributed by atoms with Crippen LogP contribution in [0.15, 0.2) is 17.5 Å². The van der Waals surface area contributed by atoms with Gasteiger partial charge in [-0.05, 0) is 17.4 Å². The van der Waals surface area contributed by atoms with Gasteiger partial charge in [-0.1, -0.05) is 19.9 Å². The van der Waals surface area contributed by atoms with Gasteiger partial charge in [0, 0.05) is 17.9 Å². The number of carboxylic acid groups (broad SMARTS) is 1. The van der Waals surface area contributed by atoms with Crippen molar-refractivity contribution in [2.24, 2.45) is 5.92 Å². The standard InChI is InChI=1S/C13H20N2O4S/c1-8(2)11(10-4-3-7-20-10)15-13(19)14-9(5-6-16)12(17)18/h3-4,7-9,11,16H,5-6H2,1-2H3,(H,17,18)(H2,14,15,19)/t9-,11?/m0/s1. The number of aliphatic carboxylic acids is 1. The number of hydrogen-bond donors (Lipinski definition) is 4. The summed E-state index contributed by atoms with van der Waals surface area (Å²) < 4.78 is 0. The Morgan fingerprint density at radius 3 is 2.50 bits per heavy atom. The van der Waals surface area contributed by atoms with E-state index in [-0.39, 0.29) is 25.0 Å². The largest absolute Gasteiger partial charge is 0.480 e. The summed E-state index contributed by atoms with van der Waals surface area (Å²) in [6.07, 6.45) is -0.0197. The van der Waals surface area contributed by atoms with Gasteiger partial charge in [0.05, 0.1) is 6.04 Å². The average molecular weight is 300 g/mol. The molecule has 0 aliphatic heterocycles. The fourth-order valence-electron chi connectivity index (χ4n) is 1.76. The van der Waals surface area contributed by atoms with Crippen LogP contribution in [0.3, 0.4) is 0 Å². The summed E-state index contributed by atoms with van der Waals surface area (Å²) in [7, 11) is 0. The zero-order valence-electron chi connectivity index (χ0n) is 11.5. The van der Waals surface area contributed by atoms with E-state index in [9.17, 15) is 9.59 Å². The fourth-order valence-corrected chi connectivity index (χ4v) is 2.71. The van der Waals surface area contributed by atoms with E-state index in [0.717, 1.165) is 4.88 Å². The average Bonchev–Trinajstić information content (AvgIpc) is 2.88. The second-order valence-electron chi connectivity index (χ2n) is 4.76. The maximum absolute atomic E-state index is 11.9. The van der Waals surface area contributed by atoms with Gasteiger partial charge in [-0.3, -0.25) is 0 Å². The molecular formula is C13H20N2O4S. The van der Waals surface area contributed by atoms with Crippen molar-refractivity contribution in [3.05, 3.63) is 22.4 Å². The molecule has 0 aliphatic carbocycles. The van der Waals surface area contributed by atoms with Gasteiger partial charge in [0.15, 0.2) is 0 Å². The Kier molecular flexibility index (Phi) is 6.47. The molecule has 112 valence electrons. The highest BCUT2D eigenvalue weighted by Gasteiger charge is 2.23. The van der Waals surface area contributed by atoms with E-state index in [2.05, 4.69) is 10.6 Å². The SMILES string of the molecule is CC(C)C(NC(=O)N[C@@H](CCO)C(=O)O)c1cccs1. The number of aliphatic hydroxyl groups excluding tert-OH is 1. The van der Waals surface area contributed by atoms with Crippen molar-refractivity contribution in [3.63, 3.8) is 0 Å². The lowest BCUT2D eigenvalue weighted by molar-refractivity contribution is -0.139. The molecule has 6 nitrogen and oxygen atoms in total. The normalized spacial score (nSPS) is 13.8. The third-order valence-corrected chi connectivity index (χ3v) is 3.78. The third-order valence-electron chi connectivity index (χ3n) is 2.82. The van der Waals surface area contributed by atoms with Crippen LogP contribution in [0.1, 0.15) is 31.2 Å². The quantitative estimate of drug-likeness (QED) is 0.614. The molecule has 0 fully saturated rings. The lowest BCUT2D eigenvalue weighted by Gasteiger charge is -2.23. The van der Waals surface area contributed by atoms with E-state index in [1.165, 1.54) is 11.3 Å². The monoisotopic (exact) mass is 300 g/mol. The summed E-state index contributed by atoms with van der Waals surface area (Å²) in [5.41, 5.74) is 0. The van der Waals surface area contributed by atoms with Crippen LogP contribution in [0, 0.1) is 5.92 Å². The van der Waals surface area contributed by atoms with Crippen LogP contribution >= 0.6 is 11.3 Å². The van der Waals surface area contributed by atoms with Crippen LogP contribution < -0.4 is 10.6 Å². The minimum Gasteiger partial charge on any atom is -0.480 e. The molecule has 0 bridgehead atoms. The molecule has 0 aromatic carbocycles. The zero-order valence-corrected chi connectivity index (χ0v) is 12.3. The van der Waals surface area contributed by atoms with E-state index in [1.54, 1.807) is 0 Å². The molecule has 2 amide bonds. The molecule has 7 heteroatoms. The van der Waals surface area contributed by atoms with E-state index in [0.29, 0.717) is 0 Å². The highest BCUT2D eigenvalue weighted by atomic mass is 32.1. The minimum atomic E-state index is -1.16. The van der Waals surface area contributed by atoms with Crippen LogP contribution in [0.5, 0.6) is 0 Å². The number of amides is 2. The molecule has 0 saturated heterocycles. The second-order valence-corrected chi connectivity index (χ2v) is 5.74. The number of urea groups is 1. The van der Waals surface area contributed by atoms with E-state index in [1.807, 2.05) is 31.4 Å². The van der Waals surface area contributed by atoms with Crippen molar-refractivity contribution in [1.29, 1.82) is 0 Å². The first-order valence-corrected chi connectivity index (χ1v) is 7.27. The molecule has 1 unspecified atom stereocenters. The van der Waals surface area contributed by atoms with Gasteiger partial charge in [0.1, 0.15) is 6.04 Å². The summed E-state index contributed by atoms with van der Waals surface area (Å²) in [5.74, 6) is -0.980. The van der Waals surface area contributed by atoms with Gasteiger partial charge < -0.3 is 20.8 Å². The maximum Gasteiger partial charge on any atom is 0.326 e. The van der Waals surface area contributed by atoms with Crippen LogP contribution in [0.2, 0.25) is 0 Å². The number of aliphatic hydroxyl groups is 1. The highest BCUT2D eigenvalue weighted by molar-refractivity contribution is 7.10. The van der Waals surface area contributed by atoms with Gasteiger partial charge in [-0.15, -0.1) is 11.3 Å². The molecule has 1 aromatic heterocycles. The molecule has 0 radical (unpaired) electrons. The van der Waals surface area contributed by atoms with E-state index >= 15 is 0 Å². The zero-order chi connectivity index (χ0) is 15.1. The number of nitrogens with one attached hydrogen (secondary N) is 2. The third kappa shape index (κ3) is 4.82. The number of carbonyl (C=O) groups excluding carboxylic acids is 1. The molecule has 1 aromatic rings. The molecule has 1 rings (SSSR count). The lowest BCUT2D eigenvalue weighted by Crippen LogP contribution is -2.47. The second kappa shape index (κ2) is 7.86. The Bertz CT molecular complexity index is 434. The summed E-state index contributed by atoms with van der Waals surface area (Å²) in [4.78, 5) is 23.8. The van der Waals surface area contributed by atoms with Crippen LogP contribution in [-0.2, 0) is 4.79 Å². The Hall–Kier alpha value is -1.60. The smallest absolute Gasteiger partial charge is 0.326 e. The molecule has 2 atom stereocenters. The summed E-state index contributed by atoms with van der Waals surface area (Å²) in [5, 5.41) is 24.8. The fraction of sp³-hybridized carbons (Fsp3) is 0.538. The maximum atomic E-state index is 11.9. The summed E-state index contributed by atoms with van der Waals surface area (Å²) in [6.45, 7) is 3.66. The molecule has 20 heavy (non-hydrogen) atoms. The molecule has 0 spiro atoms. The summed E-state index contributed by atoms with van der Waals surface area (Å²) in [6, 6.07) is 2.03. The van der Waals surface area contributed by atoms with Crippen LogP contribution in [0.25, 0.3) is 0 Å². The van der Waals surface area contributed by atoms with Crippen molar-refractivity contribution < 1.29 is 19.8 Å². The molecule has 0 aliphatic rings.